The van der Waals surface area contributed by atoms with Gasteiger partial charge < -0.3 is 9.84 Å². The van der Waals surface area contributed by atoms with Crippen LogP contribution in [0.2, 0.25) is 10.0 Å². The molecule has 0 aliphatic carbocycles. The summed E-state index contributed by atoms with van der Waals surface area (Å²) >= 11 is 13.9. The van der Waals surface area contributed by atoms with Gasteiger partial charge in [-0.1, -0.05) is 41.4 Å². The summed E-state index contributed by atoms with van der Waals surface area (Å²) in [6.45, 7) is 3.80. The third-order valence-electron chi connectivity index (χ3n) is 5.36. The van der Waals surface area contributed by atoms with E-state index in [9.17, 15) is 14.7 Å². The molecule has 0 spiro atoms. The number of aliphatic hydroxyl groups is 1. The highest BCUT2D eigenvalue weighted by Gasteiger charge is 2.47. The molecule has 8 heteroatoms. The van der Waals surface area contributed by atoms with Gasteiger partial charge in [0, 0.05) is 16.1 Å². The van der Waals surface area contributed by atoms with Crippen molar-refractivity contribution >= 4 is 57.7 Å². The summed E-state index contributed by atoms with van der Waals surface area (Å²) in [5.41, 5.74) is 2.62. The summed E-state index contributed by atoms with van der Waals surface area (Å²) in [5, 5.41) is 13.4. The Morgan fingerprint density at radius 1 is 1.09 bits per heavy atom. The van der Waals surface area contributed by atoms with Crippen LogP contribution in [0, 0.1) is 13.8 Å². The summed E-state index contributed by atoms with van der Waals surface area (Å²) in [4.78, 5) is 28.6. The molecule has 0 bridgehead atoms. The molecule has 0 saturated carbocycles. The van der Waals surface area contributed by atoms with E-state index < -0.39 is 17.7 Å². The van der Waals surface area contributed by atoms with Gasteiger partial charge in [-0.3, -0.25) is 14.5 Å². The van der Waals surface area contributed by atoms with E-state index in [1.54, 1.807) is 0 Å². The van der Waals surface area contributed by atoms with Crippen molar-refractivity contribution in [2.45, 2.75) is 19.9 Å². The molecule has 4 rings (SSSR count). The molecule has 2 heterocycles. The van der Waals surface area contributed by atoms with E-state index in [1.165, 1.54) is 35.5 Å². The molecule has 3 aromatic rings. The number of aryl methyl sites for hydroxylation is 2. The number of Topliss-reactive ketones (excluding diaryl/α,β-unsaturated/α-hetero) is 1. The van der Waals surface area contributed by atoms with Crippen molar-refractivity contribution < 1.29 is 19.4 Å². The zero-order valence-corrected chi connectivity index (χ0v) is 19.8. The maximum absolute atomic E-state index is 13.2. The molecule has 1 aliphatic rings. The molecule has 1 atom stereocenters. The lowest BCUT2D eigenvalue weighted by atomic mass is 9.99. The van der Waals surface area contributed by atoms with Gasteiger partial charge in [-0.2, -0.15) is 0 Å². The first-order valence-corrected chi connectivity index (χ1v) is 11.3. The summed E-state index contributed by atoms with van der Waals surface area (Å²) in [6, 6.07) is 11.5. The lowest BCUT2D eigenvalue weighted by Gasteiger charge is -2.26. The molecule has 2 aromatic carbocycles. The molecular formula is C24H19Cl2NO4S. The Balaban J connectivity index is 1.96. The van der Waals surface area contributed by atoms with Gasteiger partial charge in [-0.25, -0.2) is 0 Å². The molecule has 1 saturated heterocycles. The predicted octanol–water partition coefficient (Wildman–Crippen LogP) is 6.31. The van der Waals surface area contributed by atoms with Gasteiger partial charge >= 0.3 is 0 Å². The van der Waals surface area contributed by atoms with E-state index >= 15 is 0 Å². The number of nitrogens with zero attached hydrogens (tertiary/aromatic N) is 1. The first-order chi connectivity index (χ1) is 15.2. The number of anilines is 1. The number of hydrogen-bond acceptors (Lipinski definition) is 5. The average molecular weight is 488 g/mol. The summed E-state index contributed by atoms with van der Waals surface area (Å²) in [6.07, 6.45) is 0. The second kappa shape index (κ2) is 8.62. The maximum atomic E-state index is 13.2. The van der Waals surface area contributed by atoms with Crippen LogP contribution in [-0.2, 0) is 9.59 Å². The largest absolute Gasteiger partial charge is 0.507 e. The molecule has 5 nitrogen and oxygen atoms in total. The molecule has 164 valence electrons. The van der Waals surface area contributed by atoms with Crippen LogP contribution in [0.1, 0.15) is 27.6 Å². The molecule has 1 aromatic heterocycles. The third kappa shape index (κ3) is 3.68. The second-order valence-electron chi connectivity index (χ2n) is 7.45. The number of methoxy groups -OCH3 is 1. The van der Waals surface area contributed by atoms with Crippen LogP contribution < -0.4 is 9.64 Å². The van der Waals surface area contributed by atoms with Gasteiger partial charge in [-0.05, 0) is 54.6 Å². The number of ether oxygens (including phenoxy) is 1. The molecule has 1 unspecified atom stereocenters. The monoisotopic (exact) mass is 487 g/mol. The fourth-order valence-corrected chi connectivity index (χ4v) is 5.29. The van der Waals surface area contributed by atoms with E-state index in [4.69, 9.17) is 27.9 Å². The Morgan fingerprint density at radius 3 is 2.38 bits per heavy atom. The third-order valence-corrected chi connectivity index (χ3v) is 6.84. The predicted molar refractivity (Wildman–Crippen MR) is 128 cm³/mol. The standard InChI is InChI=1S/C24H19Cl2NO4S/c1-12-6-7-13(2)17(9-12)27-20(18-5-4-8-32-18)19(22(29)24(27)30)21(28)14-10-15(25)23(31-3)16(26)11-14/h4-11,20,28H,1-3H3/b21-19-. The SMILES string of the molecule is COc1c(Cl)cc(/C(O)=C2/C(=O)C(=O)N(c3cc(C)ccc3C)C2c2cccs2)cc1Cl. The molecule has 1 N–H and O–H groups in total. The van der Waals surface area contributed by atoms with Crippen LogP contribution in [0.25, 0.3) is 5.76 Å². The normalized spacial score (nSPS) is 17.8. The quantitative estimate of drug-likeness (QED) is 0.266. The van der Waals surface area contributed by atoms with Crippen LogP contribution in [0.4, 0.5) is 5.69 Å². The minimum absolute atomic E-state index is 0.0179. The van der Waals surface area contributed by atoms with Crippen molar-refractivity contribution in [2.24, 2.45) is 0 Å². The van der Waals surface area contributed by atoms with Gasteiger partial charge in [0.15, 0.2) is 5.75 Å². The van der Waals surface area contributed by atoms with E-state index in [-0.39, 0.29) is 32.7 Å². The van der Waals surface area contributed by atoms with E-state index in [0.717, 1.165) is 16.0 Å². The number of rotatable bonds is 4. The van der Waals surface area contributed by atoms with E-state index in [2.05, 4.69) is 0 Å². The lowest BCUT2D eigenvalue weighted by Crippen LogP contribution is -2.29. The van der Waals surface area contributed by atoms with Crippen molar-refractivity contribution in [3.05, 3.63) is 85.0 Å². The number of aliphatic hydroxyl groups excluding tert-OH is 1. The van der Waals surface area contributed by atoms with Crippen molar-refractivity contribution in [3.8, 4) is 5.75 Å². The number of benzene rings is 2. The number of carbonyl (C=O) groups excluding carboxylic acids is 2. The topological polar surface area (TPSA) is 66.8 Å². The number of ketones is 1. The summed E-state index contributed by atoms with van der Waals surface area (Å²) < 4.78 is 5.16. The molecule has 0 radical (unpaired) electrons. The van der Waals surface area contributed by atoms with Crippen molar-refractivity contribution in [2.75, 3.05) is 12.0 Å². The molecule has 1 amide bonds. The number of hydrogen-bond donors (Lipinski definition) is 1. The molecule has 32 heavy (non-hydrogen) atoms. The Bertz CT molecular complexity index is 1240. The molecule has 1 fully saturated rings. The Morgan fingerprint density at radius 2 is 1.78 bits per heavy atom. The zero-order valence-electron chi connectivity index (χ0n) is 17.5. The molecule has 1 aliphatic heterocycles. The number of thiophene rings is 1. The highest BCUT2D eigenvalue weighted by atomic mass is 35.5. The average Bonchev–Trinajstić information content (AvgIpc) is 3.36. The van der Waals surface area contributed by atoms with Crippen molar-refractivity contribution in [3.63, 3.8) is 0 Å². The van der Waals surface area contributed by atoms with Gasteiger partial charge in [-0.15, -0.1) is 11.3 Å². The number of carbonyl (C=O) groups is 2. The molecular weight excluding hydrogens is 469 g/mol. The van der Waals surface area contributed by atoms with Crippen LogP contribution >= 0.6 is 34.5 Å². The maximum Gasteiger partial charge on any atom is 0.300 e. The Kier molecular flexibility index (Phi) is 6.03. The van der Waals surface area contributed by atoms with Crippen molar-refractivity contribution in [1.82, 2.24) is 0 Å². The van der Waals surface area contributed by atoms with Crippen molar-refractivity contribution in [1.29, 1.82) is 0 Å². The van der Waals surface area contributed by atoms with Gasteiger partial charge in [0.05, 0.1) is 22.7 Å². The minimum atomic E-state index is -0.782. The van der Waals surface area contributed by atoms with Crippen LogP contribution in [-0.4, -0.2) is 23.9 Å². The van der Waals surface area contributed by atoms with Gasteiger partial charge in [0.2, 0.25) is 0 Å². The highest BCUT2D eigenvalue weighted by molar-refractivity contribution is 7.10. The zero-order chi connectivity index (χ0) is 23.2. The highest BCUT2D eigenvalue weighted by Crippen LogP contribution is 2.45. The summed E-state index contributed by atoms with van der Waals surface area (Å²) in [7, 11) is 1.43. The smallest absolute Gasteiger partial charge is 0.300 e. The van der Waals surface area contributed by atoms with Crippen LogP contribution in [0.5, 0.6) is 5.75 Å². The van der Waals surface area contributed by atoms with E-state index in [0.29, 0.717) is 5.69 Å². The first-order valence-electron chi connectivity index (χ1n) is 9.69. The van der Waals surface area contributed by atoms with Crippen LogP contribution in [0.15, 0.2) is 53.4 Å². The minimum Gasteiger partial charge on any atom is -0.507 e. The number of amides is 1. The fourth-order valence-electron chi connectivity index (χ4n) is 3.82. The fraction of sp³-hybridized carbons (Fsp3) is 0.167. The first kappa shape index (κ1) is 22.4. The van der Waals surface area contributed by atoms with Gasteiger partial charge in [0.1, 0.15) is 11.8 Å². The van der Waals surface area contributed by atoms with E-state index in [1.807, 2.05) is 49.6 Å². The Labute approximate surface area is 199 Å². The van der Waals surface area contributed by atoms with Gasteiger partial charge in [0.25, 0.3) is 11.7 Å². The summed E-state index contributed by atoms with van der Waals surface area (Å²) in [5.74, 6) is -1.56. The lowest BCUT2D eigenvalue weighted by molar-refractivity contribution is -0.132. The Hall–Kier alpha value is -2.80. The van der Waals surface area contributed by atoms with Crippen LogP contribution in [0.3, 0.4) is 0 Å². The second-order valence-corrected chi connectivity index (χ2v) is 9.24. The number of halogens is 2.